The van der Waals surface area contributed by atoms with Crippen molar-refractivity contribution in [1.29, 1.82) is 0 Å². The summed E-state index contributed by atoms with van der Waals surface area (Å²) in [4.78, 5) is 23.1. The van der Waals surface area contributed by atoms with Gasteiger partial charge in [0.05, 0.1) is 5.69 Å². The van der Waals surface area contributed by atoms with E-state index in [1.165, 1.54) is 6.07 Å². The van der Waals surface area contributed by atoms with Gasteiger partial charge in [-0.2, -0.15) is 0 Å². The minimum Gasteiger partial charge on any atom is -0.451 e. The first-order valence-electron chi connectivity index (χ1n) is 5.59. The first-order valence-corrected chi connectivity index (χ1v) is 5.59. The molecule has 1 rings (SSSR count). The Morgan fingerprint density at radius 1 is 1.44 bits per heavy atom. The molecule has 0 aliphatic rings. The highest BCUT2D eigenvalue weighted by Gasteiger charge is 2.17. The van der Waals surface area contributed by atoms with Gasteiger partial charge in [0.25, 0.3) is 5.91 Å². The number of aryl methyl sites for hydroxylation is 1. The fourth-order valence-corrected chi connectivity index (χ4v) is 1.45. The van der Waals surface area contributed by atoms with Crippen LogP contribution in [0.3, 0.4) is 0 Å². The summed E-state index contributed by atoms with van der Waals surface area (Å²) in [7, 11) is 1.68. The van der Waals surface area contributed by atoms with Crippen LogP contribution in [0.2, 0.25) is 0 Å². The molecule has 0 unspecified atom stereocenters. The molecule has 0 saturated carbocycles. The number of nitrogens with one attached hydrogen (secondary N) is 1. The number of ether oxygens (including phenoxy) is 1. The lowest BCUT2D eigenvalue weighted by molar-refractivity contribution is -0.125. The van der Waals surface area contributed by atoms with Crippen molar-refractivity contribution in [2.45, 2.75) is 26.3 Å². The number of nitrogen functional groups attached to an aromatic ring is 1. The summed E-state index contributed by atoms with van der Waals surface area (Å²) in [5.41, 5.74) is 5.99. The molecule has 6 heteroatoms. The van der Waals surface area contributed by atoms with Crippen molar-refractivity contribution in [3.8, 4) is 0 Å². The lowest BCUT2D eigenvalue weighted by Gasteiger charge is -2.20. The van der Waals surface area contributed by atoms with E-state index in [2.05, 4.69) is 5.32 Å². The van der Waals surface area contributed by atoms with Crippen molar-refractivity contribution >= 4 is 17.6 Å². The van der Waals surface area contributed by atoms with E-state index in [4.69, 9.17) is 10.5 Å². The van der Waals surface area contributed by atoms with Gasteiger partial charge in [-0.15, -0.1) is 0 Å². The normalized spacial score (nSPS) is 11.1. The third kappa shape index (κ3) is 4.12. The van der Waals surface area contributed by atoms with Gasteiger partial charge in [0.1, 0.15) is 5.69 Å². The molecule has 0 spiro atoms. The fourth-order valence-electron chi connectivity index (χ4n) is 1.45. The molecule has 0 bridgehead atoms. The second kappa shape index (κ2) is 5.12. The van der Waals surface area contributed by atoms with Crippen LogP contribution in [0.4, 0.5) is 5.69 Å². The Labute approximate surface area is 106 Å². The van der Waals surface area contributed by atoms with Crippen LogP contribution in [0.25, 0.3) is 0 Å². The zero-order chi connectivity index (χ0) is 13.9. The second-order valence-corrected chi connectivity index (χ2v) is 5.14. The van der Waals surface area contributed by atoms with Crippen LogP contribution in [0.5, 0.6) is 0 Å². The predicted molar refractivity (Wildman–Crippen MR) is 68.0 cm³/mol. The standard InChI is InChI=1S/C12H19N3O3/c1-12(2,3)14-10(16)7-18-11(17)9-5-8(13)6-15(9)4/h5-6H,7,13H2,1-4H3,(H,14,16). The molecule has 0 atom stereocenters. The summed E-state index contributed by atoms with van der Waals surface area (Å²) in [6.07, 6.45) is 1.60. The molecule has 3 N–H and O–H groups in total. The zero-order valence-corrected chi connectivity index (χ0v) is 11.1. The third-order valence-electron chi connectivity index (χ3n) is 2.08. The van der Waals surface area contributed by atoms with Gasteiger partial charge in [-0.1, -0.05) is 0 Å². The van der Waals surface area contributed by atoms with Crippen molar-refractivity contribution in [1.82, 2.24) is 9.88 Å². The minimum absolute atomic E-state index is 0.304. The molecule has 1 aromatic heterocycles. The van der Waals surface area contributed by atoms with Crippen molar-refractivity contribution in [3.05, 3.63) is 18.0 Å². The number of hydrogen-bond acceptors (Lipinski definition) is 4. The lowest BCUT2D eigenvalue weighted by Crippen LogP contribution is -2.42. The molecule has 1 heterocycles. The first-order chi connectivity index (χ1) is 8.19. The molecule has 1 amide bonds. The number of hydrogen-bond donors (Lipinski definition) is 2. The number of nitrogens with two attached hydrogens (primary N) is 1. The van der Waals surface area contributed by atoms with Crippen molar-refractivity contribution in [2.75, 3.05) is 12.3 Å². The Kier molecular flexibility index (Phi) is 4.00. The topological polar surface area (TPSA) is 86.3 Å². The highest BCUT2D eigenvalue weighted by Crippen LogP contribution is 2.09. The van der Waals surface area contributed by atoms with Crippen LogP contribution < -0.4 is 11.1 Å². The van der Waals surface area contributed by atoms with Gasteiger partial charge >= 0.3 is 5.97 Å². The third-order valence-corrected chi connectivity index (χ3v) is 2.08. The molecular weight excluding hydrogens is 234 g/mol. The van der Waals surface area contributed by atoms with Gasteiger partial charge in [-0.3, -0.25) is 4.79 Å². The maximum atomic E-state index is 11.7. The SMILES string of the molecule is Cn1cc(N)cc1C(=O)OCC(=O)NC(C)(C)C. The van der Waals surface area contributed by atoms with Gasteiger partial charge < -0.3 is 20.4 Å². The quantitative estimate of drug-likeness (QED) is 0.775. The summed E-state index contributed by atoms with van der Waals surface area (Å²) in [6.45, 7) is 5.25. The minimum atomic E-state index is -0.571. The number of nitrogens with zero attached hydrogens (tertiary/aromatic N) is 1. The molecule has 1 aromatic rings. The highest BCUT2D eigenvalue weighted by atomic mass is 16.5. The van der Waals surface area contributed by atoms with Crippen LogP contribution in [-0.4, -0.2) is 28.6 Å². The monoisotopic (exact) mass is 253 g/mol. The van der Waals surface area contributed by atoms with E-state index >= 15 is 0 Å². The maximum Gasteiger partial charge on any atom is 0.355 e. The smallest absolute Gasteiger partial charge is 0.355 e. The van der Waals surface area contributed by atoms with E-state index in [0.29, 0.717) is 11.4 Å². The van der Waals surface area contributed by atoms with E-state index in [1.807, 2.05) is 20.8 Å². The van der Waals surface area contributed by atoms with E-state index in [-0.39, 0.29) is 18.1 Å². The van der Waals surface area contributed by atoms with Crippen molar-refractivity contribution < 1.29 is 14.3 Å². The van der Waals surface area contributed by atoms with Gasteiger partial charge in [0, 0.05) is 18.8 Å². The molecule has 0 aromatic carbocycles. The van der Waals surface area contributed by atoms with Gasteiger partial charge in [-0.05, 0) is 26.8 Å². The summed E-state index contributed by atoms with van der Waals surface area (Å²) < 4.78 is 6.46. The van der Waals surface area contributed by atoms with Crippen molar-refractivity contribution in [3.63, 3.8) is 0 Å². The highest BCUT2D eigenvalue weighted by molar-refractivity contribution is 5.91. The molecule has 0 saturated heterocycles. The number of rotatable bonds is 3. The van der Waals surface area contributed by atoms with E-state index < -0.39 is 5.97 Å². The largest absolute Gasteiger partial charge is 0.451 e. The summed E-state index contributed by atoms with van der Waals surface area (Å²) >= 11 is 0. The summed E-state index contributed by atoms with van der Waals surface area (Å²) in [5, 5.41) is 2.70. The first kappa shape index (κ1) is 14.1. The van der Waals surface area contributed by atoms with Crippen LogP contribution in [0.15, 0.2) is 12.3 Å². The average molecular weight is 253 g/mol. The Bertz CT molecular complexity index is 458. The van der Waals surface area contributed by atoms with E-state index in [1.54, 1.807) is 17.8 Å². The Morgan fingerprint density at radius 2 is 2.06 bits per heavy atom. The van der Waals surface area contributed by atoms with E-state index in [0.717, 1.165) is 0 Å². The Morgan fingerprint density at radius 3 is 2.50 bits per heavy atom. The summed E-state index contributed by atoms with van der Waals surface area (Å²) in [6, 6.07) is 1.50. The average Bonchev–Trinajstić information content (AvgIpc) is 2.52. The fraction of sp³-hybridized carbons (Fsp3) is 0.500. The Hall–Kier alpha value is -1.98. The van der Waals surface area contributed by atoms with Crippen molar-refractivity contribution in [2.24, 2.45) is 7.05 Å². The molecule has 18 heavy (non-hydrogen) atoms. The molecular formula is C12H19N3O3. The molecule has 0 aliphatic heterocycles. The summed E-state index contributed by atoms with van der Waals surface area (Å²) in [5.74, 6) is -0.906. The van der Waals surface area contributed by atoms with Crippen LogP contribution in [0, 0.1) is 0 Å². The Balaban J connectivity index is 2.52. The number of amides is 1. The van der Waals surface area contributed by atoms with Crippen LogP contribution >= 0.6 is 0 Å². The number of aromatic nitrogens is 1. The predicted octanol–water partition coefficient (Wildman–Crippen LogP) is 0.679. The molecule has 100 valence electrons. The maximum absolute atomic E-state index is 11.7. The van der Waals surface area contributed by atoms with Crippen LogP contribution in [-0.2, 0) is 16.6 Å². The number of anilines is 1. The van der Waals surface area contributed by atoms with Crippen LogP contribution in [0.1, 0.15) is 31.3 Å². The van der Waals surface area contributed by atoms with Gasteiger partial charge in [-0.25, -0.2) is 4.79 Å². The number of carbonyl (C=O) groups is 2. The molecule has 0 fully saturated rings. The van der Waals surface area contributed by atoms with Gasteiger partial charge in [0.15, 0.2) is 6.61 Å². The zero-order valence-electron chi connectivity index (χ0n) is 11.1. The van der Waals surface area contributed by atoms with E-state index in [9.17, 15) is 9.59 Å². The molecule has 6 nitrogen and oxygen atoms in total. The van der Waals surface area contributed by atoms with Gasteiger partial charge in [0.2, 0.25) is 0 Å². The molecule has 0 radical (unpaired) electrons. The molecule has 0 aliphatic carbocycles. The lowest BCUT2D eigenvalue weighted by atomic mass is 10.1. The second-order valence-electron chi connectivity index (χ2n) is 5.14. The number of carbonyl (C=O) groups excluding carboxylic acids is 2. The number of esters is 1.